The van der Waals surface area contributed by atoms with E-state index in [4.69, 9.17) is 4.74 Å². The highest BCUT2D eigenvalue weighted by atomic mass is 16.5. The monoisotopic (exact) mass is 379 g/mol. The van der Waals surface area contributed by atoms with Gasteiger partial charge < -0.3 is 19.4 Å². The summed E-state index contributed by atoms with van der Waals surface area (Å²) in [7, 11) is 3.40. The number of carbonyl (C=O) groups is 3. The van der Waals surface area contributed by atoms with Crippen molar-refractivity contribution < 1.29 is 19.1 Å². The molecule has 0 aromatic rings. The van der Waals surface area contributed by atoms with Gasteiger partial charge in [-0.2, -0.15) is 0 Å². The first kappa shape index (κ1) is 20.1. The second kappa shape index (κ2) is 8.59. The second-order valence-corrected chi connectivity index (χ2v) is 8.55. The van der Waals surface area contributed by atoms with Gasteiger partial charge in [-0.15, -0.1) is 0 Å². The Hall–Kier alpha value is -1.63. The molecular weight excluding hydrogens is 346 g/mol. The molecule has 0 aromatic carbocycles. The molecule has 27 heavy (non-hydrogen) atoms. The first-order valence-corrected chi connectivity index (χ1v) is 10.3. The molecule has 152 valence electrons. The van der Waals surface area contributed by atoms with Crippen LogP contribution in [0.3, 0.4) is 0 Å². The summed E-state index contributed by atoms with van der Waals surface area (Å²) in [5.41, 5.74) is -0.428. The highest BCUT2D eigenvalue weighted by Gasteiger charge is 2.41. The Morgan fingerprint density at radius 1 is 1.19 bits per heavy atom. The Bertz CT molecular complexity index is 564. The van der Waals surface area contributed by atoms with Gasteiger partial charge in [0.05, 0.1) is 31.7 Å². The summed E-state index contributed by atoms with van der Waals surface area (Å²) in [6, 6.07) is 0. The fourth-order valence-corrected chi connectivity index (χ4v) is 4.50. The average molecular weight is 380 g/mol. The number of hydrogen-bond acceptors (Lipinski definition) is 4. The first-order chi connectivity index (χ1) is 12.9. The van der Waals surface area contributed by atoms with E-state index in [0.29, 0.717) is 45.0 Å². The van der Waals surface area contributed by atoms with E-state index in [1.807, 2.05) is 4.90 Å². The molecule has 1 aliphatic carbocycles. The highest BCUT2D eigenvalue weighted by molar-refractivity contribution is 5.84. The fourth-order valence-electron chi connectivity index (χ4n) is 4.50. The molecule has 0 bridgehead atoms. The van der Waals surface area contributed by atoms with Gasteiger partial charge in [0.2, 0.25) is 17.7 Å². The van der Waals surface area contributed by atoms with E-state index in [2.05, 4.69) is 0 Å². The molecule has 2 aliphatic heterocycles. The Kier molecular flexibility index (Phi) is 6.40. The standard InChI is InChI=1S/C20H33N3O4/c1-21(2)19(26)14-23-15-20(27-12-7-17(23)24)8-10-22(11-9-20)18(25)13-16-5-3-4-6-16/h16H,3-15H2,1-2H3. The molecular formula is C20H33N3O4. The predicted molar refractivity (Wildman–Crippen MR) is 101 cm³/mol. The summed E-state index contributed by atoms with van der Waals surface area (Å²) in [5, 5.41) is 0. The number of rotatable bonds is 4. The van der Waals surface area contributed by atoms with Gasteiger partial charge in [-0.25, -0.2) is 0 Å². The Morgan fingerprint density at radius 3 is 2.48 bits per heavy atom. The summed E-state index contributed by atoms with van der Waals surface area (Å²) in [6.07, 6.45) is 7.32. The van der Waals surface area contributed by atoms with E-state index in [0.717, 1.165) is 12.8 Å². The van der Waals surface area contributed by atoms with Crippen LogP contribution in [0.1, 0.15) is 51.4 Å². The molecule has 3 rings (SSSR count). The number of likely N-dealkylation sites (tertiary alicyclic amines) is 1. The van der Waals surface area contributed by atoms with Gasteiger partial charge in [0, 0.05) is 33.6 Å². The Morgan fingerprint density at radius 2 is 1.85 bits per heavy atom. The topological polar surface area (TPSA) is 70.2 Å². The lowest BCUT2D eigenvalue weighted by Crippen LogP contribution is -2.54. The minimum atomic E-state index is -0.428. The summed E-state index contributed by atoms with van der Waals surface area (Å²) < 4.78 is 6.11. The van der Waals surface area contributed by atoms with Crippen LogP contribution in [-0.4, -0.2) is 84.9 Å². The molecule has 2 heterocycles. The minimum absolute atomic E-state index is 0.0261. The summed E-state index contributed by atoms with van der Waals surface area (Å²) in [6.45, 7) is 2.28. The maximum Gasteiger partial charge on any atom is 0.241 e. The van der Waals surface area contributed by atoms with Crippen LogP contribution in [0, 0.1) is 5.92 Å². The summed E-state index contributed by atoms with van der Waals surface area (Å²) in [4.78, 5) is 42.2. The predicted octanol–water partition coefficient (Wildman–Crippen LogP) is 1.26. The van der Waals surface area contributed by atoms with Crippen molar-refractivity contribution >= 4 is 17.7 Å². The van der Waals surface area contributed by atoms with Crippen LogP contribution in [-0.2, 0) is 19.1 Å². The molecule has 3 fully saturated rings. The van der Waals surface area contributed by atoms with Crippen molar-refractivity contribution in [3.8, 4) is 0 Å². The van der Waals surface area contributed by atoms with Gasteiger partial charge in [0.1, 0.15) is 0 Å². The molecule has 3 amide bonds. The molecule has 0 N–H and O–H groups in total. The van der Waals surface area contributed by atoms with Gasteiger partial charge in [0.25, 0.3) is 0 Å². The van der Waals surface area contributed by atoms with Crippen LogP contribution in [0.25, 0.3) is 0 Å². The van der Waals surface area contributed by atoms with Gasteiger partial charge in [-0.05, 0) is 31.6 Å². The minimum Gasteiger partial charge on any atom is -0.372 e. The van der Waals surface area contributed by atoms with Crippen molar-refractivity contribution in [2.45, 2.75) is 57.0 Å². The van der Waals surface area contributed by atoms with Crippen molar-refractivity contribution in [3.05, 3.63) is 0 Å². The van der Waals surface area contributed by atoms with Gasteiger partial charge in [0.15, 0.2) is 0 Å². The highest BCUT2D eigenvalue weighted by Crippen LogP contribution is 2.32. The number of ether oxygens (including phenoxy) is 1. The van der Waals surface area contributed by atoms with E-state index >= 15 is 0 Å². The van der Waals surface area contributed by atoms with E-state index in [9.17, 15) is 14.4 Å². The van der Waals surface area contributed by atoms with Gasteiger partial charge >= 0.3 is 0 Å². The zero-order valence-electron chi connectivity index (χ0n) is 16.7. The van der Waals surface area contributed by atoms with Crippen LogP contribution in [0.2, 0.25) is 0 Å². The summed E-state index contributed by atoms with van der Waals surface area (Å²) in [5.74, 6) is 0.722. The summed E-state index contributed by atoms with van der Waals surface area (Å²) >= 11 is 0. The van der Waals surface area contributed by atoms with E-state index in [1.165, 1.54) is 30.6 Å². The normalized spacial score (nSPS) is 23.6. The number of likely N-dealkylation sites (N-methyl/N-ethyl adjacent to an activating group) is 1. The molecule has 0 radical (unpaired) electrons. The lowest BCUT2D eigenvalue weighted by atomic mass is 9.89. The van der Waals surface area contributed by atoms with Crippen LogP contribution in [0.15, 0.2) is 0 Å². The number of carbonyl (C=O) groups excluding carboxylic acids is 3. The van der Waals surface area contributed by atoms with Crippen LogP contribution >= 0.6 is 0 Å². The largest absolute Gasteiger partial charge is 0.372 e. The smallest absolute Gasteiger partial charge is 0.241 e. The quantitative estimate of drug-likeness (QED) is 0.737. The fraction of sp³-hybridized carbons (Fsp3) is 0.850. The molecule has 1 spiro atoms. The van der Waals surface area contributed by atoms with Crippen LogP contribution < -0.4 is 0 Å². The number of nitrogens with zero attached hydrogens (tertiary/aromatic N) is 3. The van der Waals surface area contributed by atoms with E-state index < -0.39 is 5.60 Å². The Balaban J connectivity index is 1.57. The third kappa shape index (κ3) is 5.00. The second-order valence-electron chi connectivity index (χ2n) is 8.55. The van der Waals surface area contributed by atoms with E-state index in [1.54, 1.807) is 19.0 Å². The van der Waals surface area contributed by atoms with Crippen LogP contribution in [0.5, 0.6) is 0 Å². The van der Waals surface area contributed by atoms with Crippen LogP contribution in [0.4, 0.5) is 0 Å². The Labute approximate surface area is 162 Å². The first-order valence-electron chi connectivity index (χ1n) is 10.3. The third-order valence-corrected chi connectivity index (χ3v) is 6.35. The molecule has 1 saturated carbocycles. The zero-order valence-corrected chi connectivity index (χ0v) is 16.7. The van der Waals surface area contributed by atoms with Crippen molar-refractivity contribution in [2.75, 3.05) is 46.9 Å². The molecule has 0 aromatic heterocycles. The van der Waals surface area contributed by atoms with Crippen molar-refractivity contribution in [1.29, 1.82) is 0 Å². The molecule has 3 aliphatic rings. The van der Waals surface area contributed by atoms with Crippen molar-refractivity contribution in [2.24, 2.45) is 5.92 Å². The van der Waals surface area contributed by atoms with Gasteiger partial charge in [-0.3, -0.25) is 14.4 Å². The van der Waals surface area contributed by atoms with Crippen molar-refractivity contribution in [1.82, 2.24) is 14.7 Å². The zero-order chi connectivity index (χ0) is 19.4. The molecule has 2 saturated heterocycles. The maximum atomic E-state index is 12.6. The SMILES string of the molecule is CN(C)C(=O)CN1CC2(CCN(C(=O)CC3CCCC3)CC2)OCCC1=O. The molecule has 0 atom stereocenters. The average Bonchev–Trinajstić information content (AvgIpc) is 3.09. The maximum absolute atomic E-state index is 12.6. The molecule has 7 nitrogen and oxygen atoms in total. The lowest BCUT2D eigenvalue weighted by Gasteiger charge is -2.42. The van der Waals surface area contributed by atoms with Gasteiger partial charge in [-0.1, -0.05) is 12.8 Å². The lowest BCUT2D eigenvalue weighted by molar-refractivity contribution is -0.143. The molecule has 0 unspecified atom stereocenters. The van der Waals surface area contributed by atoms with E-state index in [-0.39, 0.29) is 24.3 Å². The van der Waals surface area contributed by atoms with Crippen molar-refractivity contribution in [3.63, 3.8) is 0 Å². The third-order valence-electron chi connectivity index (χ3n) is 6.35. The molecule has 7 heteroatoms. The number of piperidine rings is 1. The number of hydrogen-bond donors (Lipinski definition) is 0. The number of amides is 3.